The Bertz CT molecular complexity index is 403. The molecule has 2 atom stereocenters. The molecule has 0 saturated carbocycles. The summed E-state index contributed by atoms with van der Waals surface area (Å²) in [6.45, 7) is 0.409. The standard InChI is InChI=1S/C13H19FN2O3.ClH/c1-18-7-11(15)13(17)16-12(8-19-2)9-3-5-10(14)6-4-9;/h3-6,11-12H,7-8,15H2,1-2H3,(H,16,17);1H. The number of nitrogens with two attached hydrogens (primary N) is 1. The number of rotatable bonds is 7. The molecule has 2 unspecified atom stereocenters. The van der Waals surface area contributed by atoms with Crippen LogP contribution in [0, 0.1) is 5.82 Å². The van der Waals surface area contributed by atoms with Gasteiger partial charge in [-0.15, -0.1) is 12.4 Å². The zero-order valence-corrected chi connectivity index (χ0v) is 12.3. The van der Waals surface area contributed by atoms with Gasteiger partial charge in [0.2, 0.25) is 5.91 Å². The summed E-state index contributed by atoms with van der Waals surface area (Å²) in [7, 11) is 3.00. The first-order valence-corrected chi connectivity index (χ1v) is 5.87. The summed E-state index contributed by atoms with van der Waals surface area (Å²) in [5.41, 5.74) is 6.39. The molecule has 1 amide bonds. The van der Waals surface area contributed by atoms with Gasteiger partial charge in [0, 0.05) is 14.2 Å². The minimum atomic E-state index is -0.746. The van der Waals surface area contributed by atoms with Gasteiger partial charge in [-0.3, -0.25) is 4.79 Å². The van der Waals surface area contributed by atoms with Crippen molar-refractivity contribution in [2.45, 2.75) is 12.1 Å². The van der Waals surface area contributed by atoms with Crippen molar-refractivity contribution in [1.29, 1.82) is 0 Å². The number of hydrogen-bond acceptors (Lipinski definition) is 4. The summed E-state index contributed by atoms with van der Waals surface area (Å²) in [6, 6.07) is 4.74. The highest BCUT2D eigenvalue weighted by molar-refractivity contribution is 5.85. The van der Waals surface area contributed by atoms with E-state index in [0.29, 0.717) is 0 Å². The minimum Gasteiger partial charge on any atom is -0.383 e. The largest absolute Gasteiger partial charge is 0.383 e. The van der Waals surface area contributed by atoms with Crippen molar-refractivity contribution in [3.63, 3.8) is 0 Å². The molecule has 0 spiro atoms. The van der Waals surface area contributed by atoms with Crippen LogP contribution in [0.2, 0.25) is 0 Å². The quantitative estimate of drug-likeness (QED) is 0.789. The second kappa shape index (κ2) is 9.66. The zero-order valence-electron chi connectivity index (χ0n) is 11.5. The van der Waals surface area contributed by atoms with Crippen LogP contribution in [-0.2, 0) is 14.3 Å². The van der Waals surface area contributed by atoms with Gasteiger partial charge in [-0.05, 0) is 17.7 Å². The van der Waals surface area contributed by atoms with Crippen molar-refractivity contribution in [2.75, 3.05) is 27.4 Å². The maximum atomic E-state index is 12.9. The Balaban J connectivity index is 0.00000361. The molecule has 0 saturated heterocycles. The van der Waals surface area contributed by atoms with E-state index in [-0.39, 0.29) is 43.4 Å². The van der Waals surface area contributed by atoms with Crippen molar-refractivity contribution in [3.8, 4) is 0 Å². The van der Waals surface area contributed by atoms with Crippen molar-refractivity contribution < 1.29 is 18.7 Å². The number of amides is 1. The van der Waals surface area contributed by atoms with E-state index in [1.807, 2.05) is 0 Å². The van der Waals surface area contributed by atoms with E-state index in [1.165, 1.54) is 26.4 Å². The highest BCUT2D eigenvalue weighted by atomic mass is 35.5. The number of nitrogens with one attached hydrogen (secondary N) is 1. The van der Waals surface area contributed by atoms with Crippen LogP contribution in [0.1, 0.15) is 11.6 Å². The Morgan fingerprint density at radius 3 is 2.30 bits per heavy atom. The molecule has 0 aliphatic carbocycles. The van der Waals surface area contributed by atoms with Crippen LogP contribution in [0.4, 0.5) is 4.39 Å². The fraction of sp³-hybridized carbons (Fsp3) is 0.462. The summed E-state index contributed by atoms with van der Waals surface area (Å²) < 4.78 is 22.7. The number of ether oxygens (including phenoxy) is 2. The van der Waals surface area contributed by atoms with Crippen molar-refractivity contribution in [3.05, 3.63) is 35.6 Å². The van der Waals surface area contributed by atoms with Crippen LogP contribution in [-0.4, -0.2) is 39.4 Å². The predicted octanol–water partition coefficient (Wildman–Crippen LogP) is 1.02. The van der Waals surface area contributed by atoms with Gasteiger partial charge in [-0.25, -0.2) is 4.39 Å². The van der Waals surface area contributed by atoms with E-state index in [2.05, 4.69) is 5.32 Å². The van der Waals surface area contributed by atoms with E-state index >= 15 is 0 Å². The first-order chi connectivity index (χ1) is 9.08. The van der Waals surface area contributed by atoms with Crippen LogP contribution < -0.4 is 11.1 Å². The van der Waals surface area contributed by atoms with Crippen molar-refractivity contribution in [1.82, 2.24) is 5.32 Å². The average Bonchev–Trinajstić information content (AvgIpc) is 2.39. The molecule has 1 rings (SSSR count). The minimum absolute atomic E-state index is 0. The van der Waals surface area contributed by atoms with Gasteiger partial charge in [0.25, 0.3) is 0 Å². The molecule has 20 heavy (non-hydrogen) atoms. The molecule has 1 aromatic rings. The van der Waals surface area contributed by atoms with Crippen LogP contribution in [0.25, 0.3) is 0 Å². The SMILES string of the molecule is COCC(N)C(=O)NC(COC)c1ccc(F)cc1.Cl. The van der Waals surface area contributed by atoms with Crippen LogP contribution in [0.15, 0.2) is 24.3 Å². The number of benzene rings is 1. The second-order valence-corrected chi connectivity index (χ2v) is 4.13. The molecule has 0 aliphatic heterocycles. The Morgan fingerprint density at radius 1 is 1.25 bits per heavy atom. The lowest BCUT2D eigenvalue weighted by atomic mass is 10.1. The molecule has 0 fully saturated rings. The molecule has 7 heteroatoms. The molecule has 0 heterocycles. The Hall–Kier alpha value is -1.21. The summed E-state index contributed by atoms with van der Waals surface area (Å²) >= 11 is 0. The Kier molecular flexibility index (Phi) is 9.07. The smallest absolute Gasteiger partial charge is 0.239 e. The zero-order chi connectivity index (χ0) is 14.3. The van der Waals surface area contributed by atoms with E-state index in [9.17, 15) is 9.18 Å². The first-order valence-electron chi connectivity index (χ1n) is 5.87. The fourth-order valence-electron chi connectivity index (χ4n) is 1.62. The second-order valence-electron chi connectivity index (χ2n) is 4.13. The van der Waals surface area contributed by atoms with Crippen LogP contribution in [0.3, 0.4) is 0 Å². The van der Waals surface area contributed by atoms with Crippen molar-refractivity contribution in [2.24, 2.45) is 5.73 Å². The van der Waals surface area contributed by atoms with E-state index in [1.54, 1.807) is 12.1 Å². The van der Waals surface area contributed by atoms with Gasteiger partial charge >= 0.3 is 0 Å². The van der Waals surface area contributed by atoms with E-state index in [4.69, 9.17) is 15.2 Å². The highest BCUT2D eigenvalue weighted by Crippen LogP contribution is 2.14. The molecule has 0 aromatic heterocycles. The fourth-order valence-corrected chi connectivity index (χ4v) is 1.62. The highest BCUT2D eigenvalue weighted by Gasteiger charge is 2.19. The molecular weight excluding hydrogens is 287 g/mol. The Morgan fingerprint density at radius 2 is 1.80 bits per heavy atom. The number of carbonyl (C=O) groups excluding carboxylic acids is 1. The summed E-state index contributed by atoms with van der Waals surface area (Å²) in [5.74, 6) is -0.671. The number of hydrogen-bond donors (Lipinski definition) is 2. The summed E-state index contributed by atoms with van der Waals surface area (Å²) in [6.07, 6.45) is 0. The number of halogens is 2. The molecule has 0 aliphatic rings. The third kappa shape index (κ3) is 5.83. The van der Waals surface area contributed by atoms with Gasteiger partial charge in [0.15, 0.2) is 0 Å². The van der Waals surface area contributed by atoms with E-state index in [0.717, 1.165) is 5.56 Å². The lowest BCUT2D eigenvalue weighted by molar-refractivity contribution is -0.124. The maximum absolute atomic E-state index is 12.9. The van der Waals surface area contributed by atoms with E-state index < -0.39 is 6.04 Å². The summed E-state index contributed by atoms with van der Waals surface area (Å²) in [5, 5.41) is 2.75. The molecule has 5 nitrogen and oxygen atoms in total. The predicted molar refractivity (Wildman–Crippen MR) is 76.3 cm³/mol. The van der Waals surface area contributed by atoms with Crippen LogP contribution in [0.5, 0.6) is 0 Å². The van der Waals surface area contributed by atoms with Crippen LogP contribution >= 0.6 is 12.4 Å². The third-order valence-electron chi connectivity index (χ3n) is 2.61. The third-order valence-corrected chi connectivity index (χ3v) is 2.61. The lowest BCUT2D eigenvalue weighted by Gasteiger charge is -2.20. The first kappa shape index (κ1) is 18.8. The molecule has 114 valence electrons. The van der Waals surface area contributed by atoms with Crippen molar-refractivity contribution >= 4 is 18.3 Å². The molecule has 0 radical (unpaired) electrons. The van der Waals surface area contributed by atoms with Gasteiger partial charge < -0.3 is 20.5 Å². The maximum Gasteiger partial charge on any atom is 0.239 e. The number of methoxy groups -OCH3 is 2. The molecule has 1 aromatic carbocycles. The Labute approximate surface area is 124 Å². The monoisotopic (exact) mass is 306 g/mol. The molecule has 3 N–H and O–H groups in total. The molecule has 0 bridgehead atoms. The normalized spacial score (nSPS) is 13.2. The summed E-state index contributed by atoms with van der Waals surface area (Å²) in [4.78, 5) is 11.8. The molecular formula is C13H20ClFN2O3. The van der Waals surface area contributed by atoms with Gasteiger partial charge in [-0.1, -0.05) is 12.1 Å². The average molecular weight is 307 g/mol. The van der Waals surface area contributed by atoms with Gasteiger partial charge in [0.1, 0.15) is 11.9 Å². The lowest BCUT2D eigenvalue weighted by Crippen LogP contribution is -2.45. The van der Waals surface area contributed by atoms with Gasteiger partial charge in [-0.2, -0.15) is 0 Å². The van der Waals surface area contributed by atoms with Gasteiger partial charge in [0.05, 0.1) is 19.3 Å². The number of carbonyl (C=O) groups is 1. The topological polar surface area (TPSA) is 73.6 Å².